The quantitative estimate of drug-likeness (QED) is 0.732. The number of esters is 1. The number of rotatable bonds is 4. The van der Waals surface area contributed by atoms with Gasteiger partial charge < -0.3 is 4.74 Å². The summed E-state index contributed by atoms with van der Waals surface area (Å²) in [6.07, 6.45) is 4.87. The van der Waals surface area contributed by atoms with E-state index in [2.05, 4.69) is 20.0 Å². The van der Waals surface area contributed by atoms with Crippen molar-refractivity contribution in [2.24, 2.45) is 0 Å². The summed E-state index contributed by atoms with van der Waals surface area (Å²) in [4.78, 5) is 19.4. The smallest absolute Gasteiger partial charge is 0.325 e. The summed E-state index contributed by atoms with van der Waals surface area (Å²) in [7, 11) is 1.37. The number of nitrogens with one attached hydrogen (secondary N) is 1. The van der Waals surface area contributed by atoms with Crippen molar-refractivity contribution in [2.45, 2.75) is 25.9 Å². The molecule has 1 heterocycles. The first-order valence-corrected chi connectivity index (χ1v) is 4.64. The number of methoxy groups -OCH3 is 1. The molecule has 82 valence electrons. The van der Waals surface area contributed by atoms with E-state index in [9.17, 15) is 4.79 Å². The molecule has 0 unspecified atom stereocenters. The summed E-state index contributed by atoms with van der Waals surface area (Å²) in [5.74, 6) is -0.300. The minimum atomic E-state index is -0.716. The molecule has 1 aromatic heterocycles. The first-order valence-electron chi connectivity index (χ1n) is 4.64. The Morgan fingerprint density at radius 3 is 2.80 bits per heavy atom. The molecule has 1 aromatic rings. The Balaban J connectivity index is 2.53. The van der Waals surface area contributed by atoms with Crippen molar-refractivity contribution in [2.75, 3.05) is 7.11 Å². The zero-order chi connectivity index (χ0) is 11.3. The number of nitrogens with zero attached hydrogens (tertiary/aromatic N) is 2. The highest BCUT2D eigenvalue weighted by atomic mass is 16.5. The van der Waals surface area contributed by atoms with Crippen LogP contribution in [0.15, 0.2) is 18.6 Å². The maximum absolute atomic E-state index is 11.3. The van der Waals surface area contributed by atoms with E-state index in [0.29, 0.717) is 6.54 Å². The molecule has 0 fully saturated rings. The van der Waals surface area contributed by atoms with Crippen LogP contribution in [0.5, 0.6) is 0 Å². The lowest BCUT2D eigenvalue weighted by atomic mass is 10.1. The van der Waals surface area contributed by atoms with Crippen molar-refractivity contribution in [1.82, 2.24) is 15.3 Å². The zero-order valence-corrected chi connectivity index (χ0v) is 9.15. The topological polar surface area (TPSA) is 64.1 Å². The van der Waals surface area contributed by atoms with Crippen LogP contribution in [-0.4, -0.2) is 28.6 Å². The molecule has 5 nitrogen and oxygen atoms in total. The number of hydrogen-bond acceptors (Lipinski definition) is 5. The fraction of sp³-hybridized carbons (Fsp3) is 0.500. The second-order valence-corrected chi connectivity index (χ2v) is 3.67. The highest BCUT2D eigenvalue weighted by molar-refractivity contribution is 5.79. The number of aromatic nitrogens is 2. The van der Waals surface area contributed by atoms with Gasteiger partial charge >= 0.3 is 5.97 Å². The molecule has 0 aromatic carbocycles. The van der Waals surface area contributed by atoms with Gasteiger partial charge in [-0.3, -0.25) is 20.1 Å². The summed E-state index contributed by atoms with van der Waals surface area (Å²) in [6, 6.07) is 0. The van der Waals surface area contributed by atoms with Crippen molar-refractivity contribution in [1.29, 1.82) is 0 Å². The van der Waals surface area contributed by atoms with E-state index in [-0.39, 0.29) is 5.97 Å². The van der Waals surface area contributed by atoms with Crippen molar-refractivity contribution >= 4 is 5.97 Å². The molecule has 0 radical (unpaired) electrons. The van der Waals surface area contributed by atoms with Crippen LogP contribution in [0, 0.1) is 0 Å². The van der Waals surface area contributed by atoms with Crippen LogP contribution in [0.1, 0.15) is 19.5 Å². The molecule has 1 rings (SSSR count). The normalized spacial score (nSPS) is 11.1. The average molecular weight is 209 g/mol. The summed E-state index contributed by atoms with van der Waals surface area (Å²) >= 11 is 0. The van der Waals surface area contributed by atoms with Crippen molar-refractivity contribution in [3.63, 3.8) is 0 Å². The Hall–Kier alpha value is -1.49. The predicted molar refractivity (Wildman–Crippen MR) is 55.0 cm³/mol. The summed E-state index contributed by atoms with van der Waals surface area (Å²) in [5.41, 5.74) is 0.0706. The molecular weight excluding hydrogens is 194 g/mol. The van der Waals surface area contributed by atoms with Crippen molar-refractivity contribution in [3.05, 3.63) is 24.3 Å². The van der Waals surface area contributed by atoms with Gasteiger partial charge in [-0.05, 0) is 13.8 Å². The largest absolute Gasteiger partial charge is 0.468 e. The molecule has 0 aliphatic rings. The fourth-order valence-electron chi connectivity index (χ4n) is 1.06. The Morgan fingerprint density at radius 2 is 2.27 bits per heavy atom. The average Bonchev–Trinajstić information content (AvgIpc) is 2.27. The second kappa shape index (κ2) is 4.84. The molecule has 0 amide bonds. The van der Waals surface area contributed by atoms with Crippen LogP contribution in [-0.2, 0) is 16.1 Å². The Kier molecular flexibility index (Phi) is 3.74. The van der Waals surface area contributed by atoms with Gasteiger partial charge in [-0.1, -0.05) is 0 Å². The van der Waals surface area contributed by atoms with Crippen LogP contribution >= 0.6 is 0 Å². The number of carbonyl (C=O) groups excluding carboxylic acids is 1. The molecule has 5 heteroatoms. The van der Waals surface area contributed by atoms with E-state index in [4.69, 9.17) is 0 Å². The number of carbonyl (C=O) groups is 1. The van der Waals surface area contributed by atoms with Crippen molar-refractivity contribution < 1.29 is 9.53 Å². The first kappa shape index (κ1) is 11.6. The maximum atomic E-state index is 11.3. The minimum absolute atomic E-state index is 0.300. The van der Waals surface area contributed by atoms with Crippen LogP contribution in [0.3, 0.4) is 0 Å². The van der Waals surface area contributed by atoms with Gasteiger partial charge in [0.25, 0.3) is 0 Å². The standard InChI is InChI=1S/C10H15N3O2/c1-10(2,9(14)15-3)13-7-8-6-11-4-5-12-8/h4-6,13H,7H2,1-3H3. The van der Waals surface area contributed by atoms with Gasteiger partial charge in [0.15, 0.2) is 0 Å². The third kappa shape index (κ3) is 3.28. The third-order valence-electron chi connectivity index (χ3n) is 2.02. The molecule has 0 spiro atoms. The predicted octanol–water partition coefficient (Wildman–Crippen LogP) is 0.518. The maximum Gasteiger partial charge on any atom is 0.325 e. The van der Waals surface area contributed by atoms with Crippen LogP contribution in [0.25, 0.3) is 0 Å². The molecule has 0 saturated heterocycles. The van der Waals surface area contributed by atoms with E-state index >= 15 is 0 Å². The summed E-state index contributed by atoms with van der Waals surface area (Å²) in [5, 5.41) is 3.05. The molecule has 1 N–H and O–H groups in total. The Morgan fingerprint density at radius 1 is 1.53 bits per heavy atom. The first-order chi connectivity index (χ1) is 7.06. The minimum Gasteiger partial charge on any atom is -0.468 e. The van der Waals surface area contributed by atoms with Gasteiger partial charge in [-0.15, -0.1) is 0 Å². The molecule has 0 aliphatic carbocycles. The highest BCUT2D eigenvalue weighted by Gasteiger charge is 2.27. The summed E-state index contributed by atoms with van der Waals surface area (Å²) in [6.45, 7) is 4.00. The van der Waals surface area contributed by atoms with Gasteiger partial charge in [0.2, 0.25) is 0 Å². The van der Waals surface area contributed by atoms with E-state index in [0.717, 1.165) is 5.69 Å². The Labute approximate surface area is 88.9 Å². The van der Waals surface area contributed by atoms with E-state index in [1.54, 1.807) is 32.4 Å². The fourth-order valence-corrected chi connectivity index (χ4v) is 1.06. The lowest BCUT2D eigenvalue weighted by molar-refractivity contribution is -0.147. The van der Waals surface area contributed by atoms with Gasteiger partial charge in [0.1, 0.15) is 5.54 Å². The van der Waals surface area contributed by atoms with Gasteiger partial charge in [0, 0.05) is 25.1 Å². The zero-order valence-electron chi connectivity index (χ0n) is 9.15. The number of ether oxygens (including phenoxy) is 1. The van der Waals surface area contributed by atoms with Crippen molar-refractivity contribution in [3.8, 4) is 0 Å². The lowest BCUT2D eigenvalue weighted by Crippen LogP contribution is -2.47. The van der Waals surface area contributed by atoms with E-state index < -0.39 is 5.54 Å². The van der Waals surface area contributed by atoms with E-state index in [1.165, 1.54) is 7.11 Å². The van der Waals surface area contributed by atoms with E-state index in [1.807, 2.05) is 0 Å². The SMILES string of the molecule is COC(=O)C(C)(C)NCc1cnccn1. The van der Waals surface area contributed by atoms with Gasteiger partial charge in [-0.2, -0.15) is 0 Å². The lowest BCUT2D eigenvalue weighted by Gasteiger charge is -2.22. The Bertz CT molecular complexity index is 325. The molecule has 0 aliphatic heterocycles. The van der Waals surface area contributed by atoms with Crippen LogP contribution in [0.4, 0.5) is 0 Å². The molecule has 0 saturated carbocycles. The van der Waals surface area contributed by atoms with Gasteiger partial charge in [0.05, 0.1) is 12.8 Å². The monoisotopic (exact) mass is 209 g/mol. The highest BCUT2D eigenvalue weighted by Crippen LogP contribution is 2.05. The van der Waals surface area contributed by atoms with Crippen LogP contribution in [0.2, 0.25) is 0 Å². The van der Waals surface area contributed by atoms with Gasteiger partial charge in [-0.25, -0.2) is 0 Å². The molecular formula is C10H15N3O2. The number of hydrogen-bond donors (Lipinski definition) is 1. The molecule has 15 heavy (non-hydrogen) atoms. The third-order valence-corrected chi connectivity index (χ3v) is 2.02. The summed E-state index contributed by atoms with van der Waals surface area (Å²) < 4.78 is 4.67. The van der Waals surface area contributed by atoms with Crippen LogP contribution < -0.4 is 5.32 Å². The molecule has 0 bridgehead atoms. The second-order valence-electron chi connectivity index (χ2n) is 3.67. The molecule has 0 atom stereocenters.